The van der Waals surface area contributed by atoms with Crippen LogP contribution >= 0.6 is 0 Å². The van der Waals surface area contributed by atoms with Gasteiger partial charge in [-0.25, -0.2) is 4.39 Å². The maximum atomic E-state index is 14.1. The fourth-order valence-corrected chi connectivity index (χ4v) is 3.35. The number of nitro benzene ring substituents is 1. The Morgan fingerprint density at radius 1 is 1.35 bits per heavy atom. The lowest BCUT2D eigenvalue weighted by molar-refractivity contribution is -0.384. The van der Waals surface area contributed by atoms with E-state index in [1.165, 1.54) is 18.2 Å². The van der Waals surface area contributed by atoms with E-state index in [1.807, 2.05) is 11.0 Å². The molecule has 1 N–H and O–H groups in total. The molecule has 0 radical (unpaired) electrons. The fraction of sp³-hybridized carbons (Fsp3) is 0.368. The number of benzene rings is 2. The highest BCUT2D eigenvalue weighted by Gasteiger charge is 2.23. The summed E-state index contributed by atoms with van der Waals surface area (Å²) in [6.45, 7) is 1.77. The van der Waals surface area contributed by atoms with Crippen LogP contribution in [-0.2, 0) is 11.3 Å². The van der Waals surface area contributed by atoms with Crippen molar-refractivity contribution >= 4 is 17.1 Å². The summed E-state index contributed by atoms with van der Waals surface area (Å²) in [6, 6.07) is 11.6. The maximum absolute atomic E-state index is 14.1. The van der Waals surface area contributed by atoms with E-state index in [4.69, 9.17) is 4.74 Å². The first-order chi connectivity index (χ1) is 12.6. The van der Waals surface area contributed by atoms with Gasteiger partial charge in [0.15, 0.2) is 0 Å². The molecule has 1 unspecified atom stereocenters. The van der Waals surface area contributed by atoms with Crippen molar-refractivity contribution < 1.29 is 14.1 Å². The van der Waals surface area contributed by atoms with E-state index in [-0.39, 0.29) is 24.2 Å². The molecule has 1 heterocycles. The van der Waals surface area contributed by atoms with E-state index in [0.717, 1.165) is 30.6 Å². The molecule has 3 rings (SSSR count). The van der Waals surface area contributed by atoms with Crippen molar-refractivity contribution in [1.29, 1.82) is 0 Å². The minimum Gasteiger partial charge on any atom is -0.380 e. The highest BCUT2D eigenvalue weighted by molar-refractivity contribution is 5.57. The predicted octanol–water partition coefficient (Wildman–Crippen LogP) is 3.96. The Labute approximate surface area is 151 Å². The largest absolute Gasteiger partial charge is 0.380 e. The molecule has 1 atom stereocenters. The van der Waals surface area contributed by atoms with Gasteiger partial charge in [-0.05, 0) is 31.0 Å². The van der Waals surface area contributed by atoms with Crippen LogP contribution in [0.2, 0.25) is 0 Å². The van der Waals surface area contributed by atoms with Crippen molar-refractivity contribution in [2.75, 3.05) is 30.4 Å². The van der Waals surface area contributed by atoms with E-state index < -0.39 is 4.92 Å². The molecule has 138 valence electrons. The second-order valence-electron chi connectivity index (χ2n) is 6.41. The average molecular weight is 359 g/mol. The Bertz CT molecular complexity index is 784. The van der Waals surface area contributed by atoms with Crippen LogP contribution in [0.25, 0.3) is 0 Å². The lowest BCUT2D eigenvalue weighted by atomic mass is 10.0. The molecule has 0 spiro atoms. The van der Waals surface area contributed by atoms with Crippen molar-refractivity contribution in [3.8, 4) is 0 Å². The third-order valence-corrected chi connectivity index (χ3v) is 4.57. The van der Waals surface area contributed by atoms with Crippen LogP contribution < -0.4 is 10.2 Å². The quantitative estimate of drug-likeness (QED) is 0.625. The van der Waals surface area contributed by atoms with Crippen molar-refractivity contribution in [3.05, 3.63) is 64.0 Å². The minimum absolute atomic E-state index is 0.0410. The zero-order chi connectivity index (χ0) is 18.5. The molecule has 2 aromatic rings. The summed E-state index contributed by atoms with van der Waals surface area (Å²) in [5, 5.41) is 14.4. The molecule has 1 saturated heterocycles. The molecule has 26 heavy (non-hydrogen) atoms. The van der Waals surface area contributed by atoms with Gasteiger partial charge in [0.05, 0.1) is 17.2 Å². The van der Waals surface area contributed by atoms with Gasteiger partial charge in [0, 0.05) is 49.6 Å². The molecule has 1 fully saturated rings. The van der Waals surface area contributed by atoms with Gasteiger partial charge in [-0.15, -0.1) is 0 Å². The first-order valence-electron chi connectivity index (χ1n) is 8.60. The normalized spacial score (nSPS) is 17.2. The van der Waals surface area contributed by atoms with Crippen LogP contribution in [0.1, 0.15) is 18.4 Å². The molecule has 0 aliphatic carbocycles. The lowest BCUT2D eigenvalue weighted by Crippen LogP contribution is -2.42. The van der Waals surface area contributed by atoms with E-state index in [0.29, 0.717) is 12.2 Å². The monoisotopic (exact) mass is 359 g/mol. The Morgan fingerprint density at radius 3 is 2.88 bits per heavy atom. The van der Waals surface area contributed by atoms with Gasteiger partial charge in [0.1, 0.15) is 5.82 Å². The molecule has 0 bridgehead atoms. The van der Waals surface area contributed by atoms with Crippen LogP contribution in [-0.4, -0.2) is 31.2 Å². The average Bonchev–Trinajstić information content (AvgIpc) is 2.64. The number of piperidine rings is 1. The molecule has 0 saturated carbocycles. The first kappa shape index (κ1) is 18.1. The summed E-state index contributed by atoms with van der Waals surface area (Å²) in [4.78, 5) is 12.6. The minimum atomic E-state index is -0.413. The highest BCUT2D eigenvalue weighted by atomic mass is 19.1. The number of hydrogen-bond donors (Lipinski definition) is 1. The zero-order valence-electron chi connectivity index (χ0n) is 14.7. The molecule has 0 aromatic heterocycles. The summed E-state index contributed by atoms with van der Waals surface area (Å²) in [5.41, 5.74) is 2.21. The van der Waals surface area contributed by atoms with Gasteiger partial charge < -0.3 is 15.0 Å². The number of ether oxygens (including phenoxy) is 1. The van der Waals surface area contributed by atoms with Gasteiger partial charge in [0.25, 0.3) is 5.69 Å². The highest BCUT2D eigenvalue weighted by Crippen LogP contribution is 2.27. The number of methoxy groups -OCH3 is 1. The number of nitrogens with one attached hydrogen (secondary N) is 1. The smallest absolute Gasteiger partial charge is 0.269 e. The van der Waals surface area contributed by atoms with E-state index in [2.05, 4.69) is 5.32 Å². The Kier molecular flexibility index (Phi) is 5.68. The summed E-state index contributed by atoms with van der Waals surface area (Å²) < 4.78 is 19.2. The number of halogens is 1. The maximum Gasteiger partial charge on any atom is 0.269 e. The fourth-order valence-electron chi connectivity index (χ4n) is 3.35. The van der Waals surface area contributed by atoms with Crippen molar-refractivity contribution in [1.82, 2.24) is 0 Å². The van der Waals surface area contributed by atoms with Crippen LogP contribution in [0.3, 0.4) is 0 Å². The number of anilines is 2. The van der Waals surface area contributed by atoms with E-state index >= 15 is 0 Å². The Balaban J connectivity index is 1.76. The molecular weight excluding hydrogens is 337 g/mol. The lowest BCUT2D eigenvalue weighted by Gasteiger charge is -2.35. The summed E-state index contributed by atoms with van der Waals surface area (Å²) in [7, 11) is 1.56. The van der Waals surface area contributed by atoms with Crippen molar-refractivity contribution in [2.45, 2.75) is 25.5 Å². The second-order valence-corrected chi connectivity index (χ2v) is 6.41. The van der Waals surface area contributed by atoms with Crippen LogP contribution in [0, 0.1) is 15.9 Å². The Hall–Kier alpha value is -2.67. The van der Waals surface area contributed by atoms with Crippen molar-refractivity contribution in [2.24, 2.45) is 0 Å². The van der Waals surface area contributed by atoms with Gasteiger partial charge in [0.2, 0.25) is 0 Å². The Morgan fingerprint density at radius 2 is 2.15 bits per heavy atom. The molecule has 0 amide bonds. The van der Waals surface area contributed by atoms with E-state index in [9.17, 15) is 14.5 Å². The van der Waals surface area contributed by atoms with Gasteiger partial charge in [-0.2, -0.15) is 0 Å². The standard InChI is InChI=1S/C19H22FN3O3/c1-26-13-14-11-16(23(24)25)8-9-18(14)21-15-5-4-10-22(12-15)19-7-3-2-6-17(19)20/h2-3,6-9,11,15,21H,4-5,10,12-13H2,1H3. The number of non-ortho nitro benzene ring substituents is 1. The molecular formula is C19H22FN3O3. The van der Waals surface area contributed by atoms with Gasteiger partial charge >= 0.3 is 0 Å². The number of para-hydroxylation sites is 1. The number of nitro groups is 1. The van der Waals surface area contributed by atoms with Crippen LogP contribution in [0.4, 0.5) is 21.5 Å². The molecule has 6 nitrogen and oxygen atoms in total. The molecule has 7 heteroatoms. The second kappa shape index (κ2) is 8.14. The molecule has 1 aliphatic rings. The predicted molar refractivity (Wildman–Crippen MR) is 99.1 cm³/mol. The van der Waals surface area contributed by atoms with Crippen molar-refractivity contribution in [3.63, 3.8) is 0 Å². The zero-order valence-corrected chi connectivity index (χ0v) is 14.7. The topological polar surface area (TPSA) is 67.6 Å². The molecule has 1 aliphatic heterocycles. The van der Waals surface area contributed by atoms with Gasteiger partial charge in [-0.3, -0.25) is 10.1 Å². The summed E-state index contributed by atoms with van der Waals surface area (Å²) in [6.07, 6.45) is 1.90. The van der Waals surface area contributed by atoms with Crippen LogP contribution in [0.15, 0.2) is 42.5 Å². The third kappa shape index (κ3) is 4.11. The molecule has 2 aromatic carbocycles. The van der Waals surface area contributed by atoms with E-state index in [1.54, 1.807) is 25.3 Å². The number of hydrogen-bond acceptors (Lipinski definition) is 5. The third-order valence-electron chi connectivity index (χ3n) is 4.57. The summed E-state index contributed by atoms with van der Waals surface area (Å²) >= 11 is 0. The van der Waals surface area contributed by atoms with Crippen LogP contribution in [0.5, 0.6) is 0 Å². The van der Waals surface area contributed by atoms with Gasteiger partial charge in [-0.1, -0.05) is 12.1 Å². The number of rotatable bonds is 6. The number of nitrogens with zero attached hydrogens (tertiary/aromatic N) is 2. The summed E-state index contributed by atoms with van der Waals surface area (Å²) in [5.74, 6) is -0.219. The first-order valence-corrected chi connectivity index (χ1v) is 8.60. The SMILES string of the molecule is COCc1cc([N+](=O)[O-])ccc1NC1CCCN(c2ccccc2F)C1.